The Hall–Kier alpha value is -2.49. The summed E-state index contributed by atoms with van der Waals surface area (Å²) in [6, 6.07) is 8.07. The summed E-state index contributed by atoms with van der Waals surface area (Å²) in [4.78, 5) is 9.11. The second-order valence-electron chi connectivity index (χ2n) is 7.07. The highest BCUT2D eigenvalue weighted by molar-refractivity contribution is 7.89. The standard InChI is InChI=1S/C19H21FN4O3S/c1-23(2)28(26,27)13-5-6-16(24-9-7-12(25)11-24)14(10-13)18-17(20)19-15(22-18)4-3-8-21-19/h3-6,8,10,12,22,25H,7,9,11H2,1-2H3/t12-/m0/s1. The minimum atomic E-state index is -3.69. The highest BCUT2D eigenvalue weighted by atomic mass is 32.2. The molecule has 3 heterocycles. The molecule has 1 aliphatic heterocycles. The normalized spacial score (nSPS) is 17.8. The Bertz CT molecular complexity index is 1140. The van der Waals surface area contributed by atoms with Crippen molar-refractivity contribution in [2.24, 2.45) is 0 Å². The monoisotopic (exact) mass is 404 g/mol. The maximum atomic E-state index is 15.1. The van der Waals surface area contributed by atoms with Crippen molar-refractivity contribution in [3.05, 3.63) is 42.3 Å². The Balaban J connectivity index is 1.94. The number of aromatic amines is 1. The number of hydrogen-bond acceptors (Lipinski definition) is 5. The Kier molecular flexibility index (Phi) is 4.60. The lowest BCUT2D eigenvalue weighted by atomic mass is 10.1. The van der Waals surface area contributed by atoms with Gasteiger partial charge in [0.2, 0.25) is 10.0 Å². The molecule has 28 heavy (non-hydrogen) atoms. The highest BCUT2D eigenvalue weighted by Crippen LogP contribution is 2.37. The quantitative estimate of drug-likeness (QED) is 0.696. The molecule has 1 atom stereocenters. The van der Waals surface area contributed by atoms with Gasteiger partial charge in [0.05, 0.1) is 22.2 Å². The summed E-state index contributed by atoms with van der Waals surface area (Å²) >= 11 is 0. The number of pyridine rings is 1. The number of hydrogen-bond donors (Lipinski definition) is 2. The van der Waals surface area contributed by atoms with Crippen molar-refractivity contribution < 1.29 is 17.9 Å². The molecule has 0 radical (unpaired) electrons. The topological polar surface area (TPSA) is 89.5 Å². The number of aromatic nitrogens is 2. The van der Waals surface area contributed by atoms with Gasteiger partial charge >= 0.3 is 0 Å². The summed E-state index contributed by atoms with van der Waals surface area (Å²) in [5, 5.41) is 9.91. The molecule has 0 saturated carbocycles. The Morgan fingerprint density at radius 1 is 1.32 bits per heavy atom. The molecule has 2 N–H and O–H groups in total. The molecule has 0 aliphatic carbocycles. The van der Waals surface area contributed by atoms with Gasteiger partial charge in [-0.1, -0.05) is 0 Å². The van der Waals surface area contributed by atoms with Crippen molar-refractivity contribution in [2.45, 2.75) is 17.4 Å². The van der Waals surface area contributed by atoms with Crippen LogP contribution in [0.5, 0.6) is 0 Å². The molecular formula is C19H21FN4O3S. The molecule has 1 aliphatic rings. The van der Waals surface area contributed by atoms with Crippen LogP contribution >= 0.6 is 0 Å². The maximum Gasteiger partial charge on any atom is 0.242 e. The van der Waals surface area contributed by atoms with E-state index in [2.05, 4.69) is 9.97 Å². The summed E-state index contributed by atoms with van der Waals surface area (Å²) in [6.07, 6.45) is 1.65. The van der Waals surface area contributed by atoms with E-state index >= 15 is 4.39 Å². The number of H-pyrrole nitrogens is 1. The molecule has 1 aromatic carbocycles. The van der Waals surface area contributed by atoms with Gasteiger partial charge in [0.25, 0.3) is 0 Å². The second-order valence-corrected chi connectivity index (χ2v) is 9.22. The molecule has 3 aromatic rings. The molecule has 1 saturated heterocycles. The predicted molar refractivity (Wildman–Crippen MR) is 105 cm³/mol. The lowest BCUT2D eigenvalue weighted by molar-refractivity contribution is 0.198. The molecule has 2 aromatic heterocycles. The van der Waals surface area contributed by atoms with Gasteiger partial charge in [0.15, 0.2) is 5.82 Å². The SMILES string of the molecule is CN(C)S(=O)(=O)c1ccc(N2CC[C@H](O)C2)c(-c2[nH]c3cccnc3c2F)c1. The molecule has 0 spiro atoms. The Morgan fingerprint density at radius 2 is 2.11 bits per heavy atom. The third-order valence-electron chi connectivity index (χ3n) is 5.01. The minimum absolute atomic E-state index is 0.0713. The van der Waals surface area contributed by atoms with Crippen LogP contribution in [-0.2, 0) is 10.0 Å². The summed E-state index contributed by atoms with van der Waals surface area (Å²) in [7, 11) is -0.785. The zero-order chi connectivity index (χ0) is 20.1. The Labute approximate surface area is 162 Å². The number of sulfonamides is 1. The third kappa shape index (κ3) is 3.05. The summed E-state index contributed by atoms with van der Waals surface area (Å²) in [6.45, 7) is 1.01. The third-order valence-corrected chi connectivity index (χ3v) is 6.83. The van der Waals surface area contributed by atoms with Crippen molar-refractivity contribution in [3.8, 4) is 11.3 Å². The van der Waals surface area contributed by atoms with Gasteiger partial charge in [0.1, 0.15) is 5.52 Å². The van der Waals surface area contributed by atoms with Gasteiger partial charge in [0, 0.05) is 44.6 Å². The number of anilines is 1. The van der Waals surface area contributed by atoms with Gasteiger partial charge in [-0.05, 0) is 36.8 Å². The van der Waals surface area contributed by atoms with Crippen LogP contribution in [0.2, 0.25) is 0 Å². The molecule has 4 rings (SSSR count). The number of aliphatic hydroxyl groups excluding tert-OH is 1. The summed E-state index contributed by atoms with van der Waals surface area (Å²) < 4.78 is 41.5. The van der Waals surface area contributed by atoms with E-state index in [1.54, 1.807) is 18.2 Å². The first-order chi connectivity index (χ1) is 13.3. The first-order valence-electron chi connectivity index (χ1n) is 8.91. The van der Waals surface area contributed by atoms with E-state index in [1.807, 2.05) is 4.90 Å². The van der Waals surface area contributed by atoms with Crippen LogP contribution in [0.4, 0.5) is 10.1 Å². The highest BCUT2D eigenvalue weighted by Gasteiger charge is 2.27. The van der Waals surface area contributed by atoms with Crippen LogP contribution in [0.3, 0.4) is 0 Å². The van der Waals surface area contributed by atoms with E-state index in [4.69, 9.17) is 0 Å². The molecule has 0 unspecified atom stereocenters. The zero-order valence-electron chi connectivity index (χ0n) is 15.6. The predicted octanol–water partition coefficient (Wildman–Crippen LogP) is 2.19. The fourth-order valence-electron chi connectivity index (χ4n) is 3.50. The number of nitrogens with one attached hydrogen (secondary N) is 1. The van der Waals surface area contributed by atoms with E-state index in [1.165, 1.54) is 32.4 Å². The number of β-amino-alcohol motifs (C(OH)–C–C–N with tert-alkyl or cyclic N) is 1. The van der Waals surface area contributed by atoms with E-state index in [-0.39, 0.29) is 16.1 Å². The van der Waals surface area contributed by atoms with Crippen LogP contribution in [0.15, 0.2) is 41.4 Å². The maximum absolute atomic E-state index is 15.1. The summed E-state index contributed by atoms with van der Waals surface area (Å²) in [5.74, 6) is -0.531. The summed E-state index contributed by atoms with van der Waals surface area (Å²) in [5.41, 5.74) is 2.00. The number of nitrogens with zero attached hydrogens (tertiary/aromatic N) is 3. The average Bonchev–Trinajstić information content (AvgIpc) is 3.25. The first-order valence-corrected chi connectivity index (χ1v) is 10.3. The first kappa shape index (κ1) is 18.9. The van der Waals surface area contributed by atoms with E-state index in [0.717, 1.165) is 4.31 Å². The van der Waals surface area contributed by atoms with Gasteiger partial charge < -0.3 is 15.0 Å². The molecule has 148 valence electrons. The number of halogens is 1. The van der Waals surface area contributed by atoms with Crippen molar-refractivity contribution in [3.63, 3.8) is 0 Å². The molecule has 9 heteroatoms. The fourth-order valence-corrected chi connectivity index (χ4v) is 4.43. The fraction of sp³-hybridized carbons (Fsp3) is 0.316. The molecule has 7 nitrogen and oxygen atoms in total. The lowest BCUT2D eigenvalue weighted by Crippen LogP contribution is -2.24. The number of aliphatic hydroxyl groups is 1. The van der Waals surface area contributed by atoms with Crippen molar-refractivity contribution in [2.75, 3.05) is 32.1 Å². The van der Waals surface area contributed by atoms with Crippen molar-refractivity contribution >= 4 is 26.7 Å². The van der Waals surface area contributed by atoms with Crippen molar-refractivity contribution in [1.29, 1.82) is 0 Å². The van der Waals surface area contributed by atoms with Crippen LogP contribution in [-0.4, -0.2) is 61.1 Å². The zero-order valence-corrected chi connectivity index (χ0v) is 16.4. The number of fused-ring (bicyclic) bond motifs is 1. The average molecular weight is 404 g/mol. The second kappa shape index (κ2) is 6.84. The molecule has 0 amide bonds. The lowest BCUT2D eigenvalue weighted by Gasteiger charge is -2.22. The van der Waals surface area contributed by atoms with Crippen LogP contribution in [0.25, 0.3) is 22.3 Å². The molecular weight excluding hydrogens is 383 g/mol. The molecule has 1 fully saturated rings. The minimum Gasteiger partial charge on any atom is -0.391 e. The van der Waals surface area contributed by atoms with Gasteiger partial charge in [-0.15, -0.1) is 0 Å². The largest absolute Gasteiger partial charge is 0.391 e. The van der Waals surface area contributed by atoms with Gasteiger partial charge in [-0.2, -0.15) is 0 Å². The van der Waals surface area contributed by atoms with Crippen LogP contribution in [0, 0.1) is 5.82 Å². The van der Waals surface area contributed by atoms with E-state index in [0.29, 0.717) is 36.3 Å². The van der Waals surface area contributed by atoms with Crippen LogP contribution < -0.4 is 4.90 Å². The molecule has 0 bridgehead atoms. The van der Waals surface area contributed by atoms with Gasteiger partial charge in [-0.25, -0.2) is 17.1 Å². The Morgan fingerprint density at radius 3 is 2.75 bits per heavy atom. The number of benzene rings is 1. The van der Waals surface area contributed by atoms with E-state index in [9.17, 15) is 13.5 Å². The van der Waals surface area contributed by atoms with E-state index < -0.39 is 21.9 Å². The van der Waals surface area contributed by atoms with Crippen LogP contribution in [0.1, 0.15) is 6.42 Å². The van der Waals surface area contributed by atoms with Gasteiger partial charge in [-0.3, -0.25) is 4.98 Å². The van der Waals surface area contributed by atoms with Crippen molar-refractivity contribution in [1.82, 2.24) is 14.3 Å². The smallest absolute Gasteiger partial charge is 0.242 e. The number of rotatable bonds is 4.